The Morgan fingerprint density at radius 1 is 1.31 bits per heavy atom. The van der Waals surface area contributed by atoms with Crippen LogP contribution in [0.2, 0.25) is 0 Å². The molecular formula is C12H11BrN2O. The van der Waals surface area contributed by atoms with E-state index in [2.05, 4.69) is 20.9 Å². The number of rotatable bonds is 2. The Morgan fingerprint density at radius 3 is 2.69 bits per heavy atom. The van der Waals surface area contributed by atoms with E-state index in [1.165, 1.54) is 6.07 Å². The van der Waals surface area contributed by atoms with Crippen LogP contribution in [0.25, 0.3) is 5.82 Å². The normalized spacial score (nSPS) is 10.4. The van der Waals surface area contributed by atoms with Gasteiger partial charge in [0.2, 0.25) is 0 Å². The smallest absolute Gasteiger partial charge is 0.256 e. The van der Waals surface area contributed by atoms with Gasteiger partial charge in [-0.05, 0) is 24.6 Å². The Labute approximate surface area is 102 Å². The van der Waals surface area contributed by atoms with Crippen molar-refractivity contribution >= 4 is 15.9 Å². The first-order valence-electron chi connectivity index (χ1n) is 4.92. The minimum absolute atomic E-state index is 0.0564. The van der Waals surface area contributed by atoms with E-state index >= 15 is 0 Å². The number of alkyl halides is 1. The third-order valence-corrected chi connectivity index (χ3v) is 2.99. The molecule has 0 spiro atoms. The molecule has 0 amide bonds. The van der Waals surface area contributed by atoms with Crippen LogP contribution in [0.5, 0.6) is 0 Å². The third kappa shape index (κ3) is 2.07. The molecule has 2 heterocycles. The van der Waals surface area contributed by atoms with E-state index < -0.39 is 0 Å². The van der Waals surface area contributed by atoms with E-state index in [1.54, 1.807) is 16.8 Å². The minimum atomic E-state index is -0.0564. The summed E-state index contributed by atoms with van der Waals surface area (Å²) in [5, 5.41) is 0.767. The average Bonchev–Trinajstić information content (AvgIpc) is 2.30. The molecule has 0 unspecified atom stereocenters. The van der Waals surface area contributed by atoms with Crippen LogP contribution < -0.4 is 5.56 Å². The van der Waals surface area contributed by atoms with E-state index in [9.17, 15) is 4.79 Å². The fraction of sp³-hybridized carbons (Fsp3) is 0.167. The highest BCUT2D eigenvalue weighted by molar-refractivity contribution is 9.08. The van der Waals surface area contributed by atoms with E-state index in [1.807, 2.05) is 25.1 Å². The second kappa shape index (κ2) is 4.61. The van der Waals surface area contributed by atoms with Gasteiger partial charge < -0.3 is 0 Å². The summed E-state index contributed by atoms with van der Waals surface area (Å²) < 4.78 is 1.60. The number of nitrogens with zero attached hydrogens (tertiary/aromatic N) is 2. The van der Waals surface area contributed by atoms with Gasteiger partial charge in [-0.25, -0.2) is 4.98 Å². The third-order valence-electron chi connectivity index (χ3n) is 2.34. The van der Waals surface area contributed by atoms with Gasteiger partial charge in [-0.2, -0.15) is 0 Å². The maximum atomic E-state index is 11.7. The van der Waals surface area contributed by atoms with Crippen molar-refractivity contribution in [2.24, 2.45) is 0 Å². The quantitative estimate of drug-likeness (QED) is 0.791. The zero-order chi connectivity index (χ0) is 11.5. The molecule has 0 aliphatic carbocycles. The van der Waals surface area contributed by atoms with Gasteiger partial charge in [0.05, 0.1) is 0 Å². The molecule has 82 valence electrons. The molecule has 0 saturated carbocycles. The van der Waals surface area contributed by atoms with Crippen molar-refractivity contribution < 1.29 is 0 Å². The highest BCUT2D eigenvalue weighted by Gasteiger charge is 2.03. The van der Waals surface area contributed by atoms with E-state index in [0.717, 1.165) is 16.6 Å². The molecular weight excluding hydrogens is 268 g/mol. The monoisotopic (exact) mass is 278 g/mol. The number of pyridine rings is 2. The van der Waals surface area contributed by atoms with Crippen molar-refractivity contribution in [2.75, 3.05) is 0 Å². The first-order valence-corrected chi connectivity index (χ1v) is 6.04. The lowest BCUT2D eigenvalue weighted by Gasteiger charge is -2.08. The lowest BCUT2D eigenvalue weighted by Crippen LogP contribution is -2.19. The second-order valence-corrected chi connectivity index (χ2v) is 4.06. The lowest BCUT2D eigenvalue weighted by atomic mass is 10.3. The first kappa shape index (κ1) is 11.1. The van der Waals surface area contributed by atoms with Crippen molar-refractivity contribution in [1.82, 2.24) is 9.55 Å². The highest BCUT2D eigenvalue weighted by Crippen LogP contribution is 2.08. The maximum Gasteiger partial charge on any atom is 0.256 e. The largest absolute Gasteiger partial charge is 0.269 e. The summed E-state index contributed by atoms with van der Waals surface area (Å²) in [6, 6.07) is 8.98. The summed E-state index contributed by atoms with van der Waals surface area (Å²) >= 11 is 3.36. The highest BCUT2D eigenvalue weighted by atomic mass is 79.9. The molecule has 0 aromatic carbocycles. The Kier molecular flexibility index (Phi) is 3.19. The van der Waals surface area contributed by atoms with Gasteiger partial charge in [-0.3, -0.25) is 9.36 Å². The number of halogens is 1. The molecule has 0 aliphatic rings. The lowest BCUT2D eigenvalue weighted by molar-refractivity contribution is 0.893. The molecule has 0 radical (unpaired) electrons. The molecule has 0 bridgehead atoms. The van der Waals surface area contributed by atoms with Gasteiger partial charge in [0.25, 0.3) is 5.56 Å². The number of aromatic nitrogens is 2. The van der Waals surface area contributed by atoms with Crippen LogP contribution >= 0.6 is 15.9 Å². The van der Waals surface area contributed by atoms with Crippen LogP contribution in [-0.2, 0) is 5.33 Å². The predicted molar refractivity (Wildman–Crippen MR) is 67.2 cm³/mol. The zero-order valence-electron chi connectivity index (χ0n) is 8.85. The van der Waals surface area contributed by atoms with Crippen LogP contribution in [0, 0.1) is 6.92 Å². The molecule has 2 aromatic heterocycles. The second-order valence-electron chi connectivity index (χ2n) is 3.50. The van der Waals surface area contributed by atoms with E-state index in [4.69, 9.17) is 0 Å². The van der Waals surface area contributed by atoms with Crippen molar-refractivity contribution in [3.8, 4) is 5.82 Å². The van der Waals surface area contributed by atoms with Crippen molar-refractivity contribution in [2.45, 2.75) is 12.3 Å². The van der Waals surface area contributed by atoms with Crippen LogP contribution in [0.15, 0.2) is 41.3 Å². The summed E-state index contributed by atoms with van der Waals surface area (Å²) in [5.41, 5.74) is 1.91. The van der Waals surface area contributed by atoms with Gasteiger partial charge in [0.1, 0.15) is 5.82 Å². The van der Waals surface area contributed by atoms with Gasteiger partial charge in [-0.1, -0.05) is 28.1 Å². The number of hydrogen-bond donors (Lipinski definition) is 0. The summed E-state index contributed by atoms with van der Waals surface area (Å²) in [4.78, 5) is 16.0. The van der Waals surface area contributed by atoms with Crippen molar-refractivity contribution in [1.29, 1.82) is 0 Å². The molecule has 16 heavy (non-hydrogen) atoms. The van der Waals surface area contributed by atoms with Gasteiger partial charge >= 0.3 is 0 Å². The SMILES string of the molecule is Cc1cccc(=O)n1-c1ccc(CBr)cn1. The molecule has 0 atom stereocenters. The Hall–Kier alpha value is -1.42. The molecule has 2 aromatic rings. The van der Waals surface area contributed by atoms with Crippen LogP contribution in [-0.4, -0.2) is 9.55 Å². The van der Waals surface area contributed by atoms with Gasteiger partial charge in [0, 0.05) is 23.3 Å². The van der Waals surface area contributed by atoms with E-state index in [0.29, 0.717) is 5.82 Å². The zero-order valence-corrected chi connectivity index (χ0v) is 10.4. The average molecular weight is 279 g/mol. The molecule has 2 rings (SSSR count). The van der Waals surface area contributed by atoms with Crippen LogP contribution in [0.4, 0.5) is 0 Å². The standard InChI is InChI=1S/C12H11BrN2O/c1-9-3-2-4-12(16)15(9)11-6-5-10(7-13)8-14-11/h2-6,8H,7H2,1H3. The Bertz CT molecular complexity index is 546. The van der Waals surface area contributed by atoms with Crippen LogP contribution in [0.3, 0.4) is 0 Å². The number of hydrogen-bond acceptors (Lipinski definition) is 2. The molecule has 4 heteroatoms. The molecule has 3 nitrogen and oxygen atoms in total. The fourth-order valence-corrected chi connectivity index (χ4v) is 1.85. The first-order chi connectivity index (χ1) is 7.72. The Balaban J connectivity index is 2.55. The minimum Gasteiger partial charge on any atom is -0.269 e. The van der Waals surface area contributed by atoms with Crippen molar-refractivity contribution in [3.05, 3.63) is 58.1 Å². The van der Waals surface area contributed by atoms with Gasteiger partial charge in [0.15, 0.2) is 0 Å². The fourth-order valence-electron chi connectivity index (χ4n) is 1.51. The Morgan fingerprint density at radius 2 is 2.12 bits per heavy atom. The van der Waals surface area contributed by atoms with Crippen LogP contribution in [0.1, 0.15) is 11.3 Å². The van der Waals surface area contributed by atoms with E-state index in [-0.39, 0.29) is 5.56 Å². The van der Waals surface area contributed by atoms with Crippen molar-refractivity contribution in [3.63, 3.8) is 0 Å². The molecule has 0 fully saturated rings. The maximum absolute atomic E-state index is 11.7. The van der Waals surface area contributed by atoms with Gasteiger partial charge in [-0.15, -0.1) is 0 Å². The topological polar surface area (TPSA) is 34.9 Å². The predicted octanol–water partition coefficient (Wildman–Crippen LogP) is 2.44. The molecule has 0 saturated heterocycles. The number of aryl methyl sites for hydroxylation is 1. The molecule has 0 aliphatic heterocycles. The summed E-state index contributed by atoms with van der Waals surface area (Å²) in [5.74, 6) is 0.660. The summed E-state index contributed by atoms with van der Waals surface area (Å²) in [6.45, 7) is 1.89. The molecule has 0 N–H and O–H groups in total. The summed E-state index contributed by atoms with van der Waals surface area (Å²) in [7, 11) is 0. The summed E-state index contributed by atoms with van der Waals surface area (Å²) in [6.07, 6.45) is 1.77.